The second-order valence-electron chi connectivity index (χ2n) is 4.30. The highest BCUT2D eigenvalue weighted by atomic mass is 16.5. The number of likely N-dealkylation sites (N-methyl/N-ethyl adjacent to an activating group) is 1. The first-order valence-electron chi connectivity index (χ1n) is 6.21. The van der Waals surface area contributed by atoms with E-state index >= 15 is 0 Å². The first kappa shape index (κ1) is 14.5. The SMILES string of the molecule is C=C(CN(C)CCc1ccccc1)C(=O)OCC. The molecule has 1 aromatic rings. The van der Waals surface area contributed by atoms with Crippen molar-refractivity contribution in [2.45, 2.75) is 13.3 Å². The van der Waals surface area contributed by atoms with Gasteiger partial charge in [-0.05, 0) is 26.0 Å². The monoisotopic (exact) mass is 247 g/mol. The summed E-state index contributed by atoms with van der Waals surface area (Å²) in [4.78, 5) is 13.5. The van der Waals surface area contributed by atoms with Gasteiger partial charge < -0.3 is 9.64 Å². The highest BCUT2D eigenvalue weighted by Crippen LogP contribution is 2.03. The summed E-state index contributed by atoms with van der Waals surface area (Å²) in [7, 11) is 1.98. The van der Waals surface area contributed by atoms with Gasteiger partial charge in [0.2, 0.25) is 0 Å². The molecule has 0 aliphatic rings. The van der Waals surface area contributed by atoms with Gasteiger partial charge in [-0.3, -0.25) is 0 Å². The third-order valence-corrected chi connectivity index (χ3v) is 2.65. The predicted octanol–water partition coefficient (Wildman–Crippen LogP) is 2.28. The Labute approximate surface area is 109 Å². The molecule has 0 N–H and O–H groups in total. The molecule has 0 aliphatic carbocycles. The van der Waals surface area contributed by atoms with Crippen LogP contribution in [-0.2, 0) is 16.0 Å². The number of nitrogens with zero attached hydrogens (tertiary/aromatic N) is 1. The van der Waals surface area contributed by atoms with E-state index in [4.69, 9.17) is 4.74 Å². The van der Waals surface area contributed by atoms with Gasteiger partial charge in [-0.2, -0.15) is 0 Å². The normalized spacial score (nSPS) is 10.4. The van der Waals surface area contributed by atoms with Gasteiger partial charge in [0.15, 0.2) is 0 Å². The maximum Gasteiger partial charge on any atom is 0.334 e. The first-order chi connectivity index (χ1) is 8.63. The Morgan fingerprint density at radius 1 is 1.33 bits per heavy atom. The molecule has 0 amide bonds. The summed E-state index contributed by atoms with van der Waals surface area (Å²) in [5.74, 6) is -0.302. The van der Waals surface area contributed by atoms with Crippen molar-refractivity contribution in [2.24, 2.45) is 0 Å². The fourth-order valence-electron chi connectivity index (χ4n) is 1.67. The molecule has 0 aliphatic heterocycles. The number of rotatable bonds is 7. The molecule has 18 heavy (non-hydrogen) atoms. The van der Waals surface area contributed by atoms with Crippen LogP contribution in [-0.4, -0.2) is 37.6 Å². The molecule has 98 valence electrons. The molecule has 0 bridgehead atoms. The predicted molar refractivity (Wildman–Crippen MR) is 73.4 cm³/mol. The standard InChI is InChI=1S/C15H21NO2/c1-4-18-15(17)13(2)12-16(3)11-10-14-8-6-5-7-9-14/h5-9H,2,4,10-12H2,1,3H3. The Hall–Kier alpha value is -1.61. The van der Waals surface area contributed by atoms with Gasteiger partial charge >= 0.3 is 5.97 Å². The maximum absolute atomic E-state index is 11.4. The van der Waals surface area contributed by atoms with Crippen molar-refractivity contribution in [3.63, 3.8) is 0 Å². The summed E-state index contributed by atoms with van der Waals surface area (Å²) >= 11 is 0. The molecule has 0 atom stereocenters. The highest BCUT2D eigenvalue weighted by molar-refractivity contribution is 5.88. The smallest absolute Gasteiger partial charge is 0.334 e. The Bertz CT molecular complexity index is 387. The summed E-state index contributed by atoms with van der Waals surface area (Å²) in [6.45, 7) is 7.38. The molecular formula is C15H21NO2. The van der Waals surface area contributed by atoms with Crippen LogP contribution in [0.3, 0.4) is 0 Å². The molecule has 0 saturated heterocycles. The van der Waals surface area contributed by atoms with Gasteiger partial charge in [-0.1, -0.05) is 36.9 Å². The molecular weight excluding hydrogens is 226 g/mol. The summed E-state index contributed by atoms with van der Waals surface area (Å²) in [6.07, 6.45) is 0.966. The second kappa shape index (κ2) is 7.67. The van der Waals surface area contributed by atoms with Crippen molar-refractivity contribution >= 4 is 5.97 Å². The largest absolute Gasteiger partial charge is 0.463 e. The molecule has 0 unspecified atom stereocenters. The average Bonchev–Trinajstić information content (AvgIpc) is 2.38. The van der Waals surface area contributed by atoms with Gasteiger partial charge in [-0.15, -0.1) is 0 Å². The minimum Gasteiger partial charge on any atom is -0.463 e. The molecule has 0 spiro atoms. The maximum atomic E-state index is 11.4. The molecule has 0 aromatic heterocycles. The van der Waals surface area contributed by atoms with Crippen molar-refractivity contribution in [1.29, 1.82) is 0 Å². The van der Waals surface area contributed by atoms with Gasteiger partial charge in [0.1, 0.15) is 0 Å². The molecule has 1 rings (SSSR count). The minimum atomic E-state index is -0.302. The van der Waals surface area contributed by atoms with Crippen LogP contribution in [0, 0.1) is 0 Å². The van der Waals surface area contributed by atoms with E-state index in [1.165, 1.54) is 5.56 Å². The van der Waals surface area contributed by atoms with E-state index in [9.17, 15) is 4.79 Å². The highest BCUT2D eigenvalue weighted by Gasteiger charge is 2.10. The van der Waals surface area contributed by atoms with Crippen LogP contribution < -0.4 is 0 Å². The van der Waals surface area contributed by atoms with E-state index < -0.39 is 0 Å². The number of hydrogen-bond acceptors (Lipinski definition) is 3. The van der Waals surface area contributed by atoms with E-state index in [2.05, 4.69) is 23.6 Å². The van der Waals surface area contributed by atoms with E-state index in [-0.39, 0.29) is 5.97 Å². The lowest BCUT2D eigenvalue weighted by atomic mass is 10.1. The number of esters is 1. The number of benzene rings is 1. The third kappa shape index (κ3) is 5.15. The summed E-state index contributed by atoms with van der Waals surface area (Å²) in [6, 6.07) is 10.3. The van der Waals surface area contributed by atoms with Gasteiger partial charge in [0.25, 0.3) is 0 Å². The fraction of sp³-hybridized carbons (Fsp3) is 0.400. The van der Waals surface area contributed by atoms with Gasteiger partial charge in [0, 0.05) is 18.7 Å². The van der Waals surface area contributed by atoms with Crippen molar-refractivity contribution in [2.75, 3.05) is 26.7 Å². The number of carbonyl (C=O) groups excluding carboxylic acids is 1. The van der Waals surface area contributed by atoms with Crippen LogP contribution in [0.1, 0.15) is 12.5 Å². The summed E-state index contributed by atoms with van der Waals surface area (Å²) in [5, 5.41) is 0. The third-order valence-electron chi connectivity index (χ3n) is 2.65. The molecule has 0 saturated carbocycles. The van der Waals surface area contributed by atoms with Crippen molar-refractivity contribution in [3.05, 3.63) is 48.0 Å². The quantitative estimate of drug-likeness (QED) is 0.547. The minimum absolute atomic E-state index is 0.302. The zero-order valence-electron chi connectivity index (χ0n) is 11.2. The lowest BCUT2D eigenvalue weighted by Gasteiger charge is -2.17. The van der Waals surface area contributed by atoms with E-state index in [0.717, 1.165) is 13.0 Å². The van der Waals surface area contributed by atoms with Crippen LogP contribution >= 0.6 is 0 Å². The lowest BCUT2D eigenvalue weighted by molar-refractivity contribution is -0.138. The second-order valence-corrected chi connectivity index (χ2v) is 4.30. The van der Waals surface area contributed by atoms with Crippen LogP contribution in [0.15, 0.2) is 42.5 Å². The van der Waals surface area contributed by atoms with E-state index in [0.29, 0.717) is 18.7 Å². The molecule has 0 fully saturated rings. The Morgan fingerprint density at radius 3 is 2.61 bits per heavy atom. The van der Waals surface area contributed by atoms with Crippen molar-refractivity contribution in [3.8, 4) is 0 Å². The number of ether oxygens (including phenoxy) is 1. The van der Waals surface area contributed by atoms with Crippen molar-refractivity contribution in [1.82, 2.24) is 4.90 Å². The zero-order valence-corrected chi connectivity index (χ0v) is 11.2. The van der Waals surface area contributed by atoms with Crippen LogP contribution in [0.2, 0.25) is 0 Å². The van der Waals surface area contributed by atoms with Gasteiger partial charge in [-0.25, -0.2) is 4.79 Å². The van der Waals surface area contributed by atoms with E-state index in [1.54, 1.807) is 6.92 Å². The fourth-order valence-corrected chi connectivity index (χ4v) is 1.67. The Morgan fingerprint density at radius 2 is 2.00 bits per heavy atom. The first-order valence-corrected chi connectivity index (χ1v) is 6.21. The topological polar surface area (TPSA) is 29.5 Å². The number of hydrogen-bond donors (Lipinski definition) is 0. The molecule has 1 aromatic carbocycles. The van der Waals surface area contributed by atoms with E-state index in [1.807, 2.05) is 25.2 Å². The molecule has 0 heterocycles. The van der Waals surface area contributed by atoms with Gasteiger partial charge in [0.05, 0.1) is 6.61 Å². The molecule has 0 radical (unpaired) electrons. The molecule has 3 nitrogen and oxygen atoms in total. The summed E-state index contributed by atoms with van der Waals surface area (Å²) < 4.78 is 4.90. The Kier molecular flexibility index (Phi) is 6.15. The number of carbonyl (C=O) groups is 1. The lowest BCUT2D eigenvalue weighted by Crippen LogP contribution is -2.26. The summed E-state index contributed by atoms with van der Waals surface area (Å²) in [5.41, 5.74) is 1.80. The van der Waals surface area contributed by atoms with Crippen molar-refractivity contribution < 1.29 is 9.53 Å². The zero-order chi connectivity index (χ0) is 13.4. The average molecular weight is 247 g/mol. The van der Waals surface area contributed by atoms with Crippen LogP contribution in [0.4, 0.5) is 0 Å². The Balaban J connectivity index is 2.31. The molecule has 3 heteroatoms. The van der Waals surface area contributed by atoms with Crippen LogP contribution in [0.25, 0.3) is 0 Å². The van der Waals surface area contributed by atoms with Crippen LogP contribution in [0.5, 0.6) is 0 Å².